The molecule has 0 saturated heterocycles. The quantitative estimate of drug-likeness (QED) is 0.0315. The first-order valence-electron chi connectivity index (χ1n) is 19.7. The molecule has 6 aromatic rings. The number of halogens is 4. The highest BCUT2D eigenvalue weighted by Crippen LogP contribution is 2.23. The van der Waals surface area contributed by atoms with Crippen LogP contribution in [0.3, 0.4) is 0 Å². The van der Waals surface area contributed by atoms with E-state index in [1.54, 1.807) is 56.5 Å². The van der Waals surface area contributed by atoms with Crippen LogP contribution < -0.4 is 27.9 Å². The largest absolute Gasteiger partial charge is 0.468 e. The number of nitrogens with zero attached hydrogens (tertiary/aromatic N) is 8. The molecule has 0 fully saturated rings. The molecule has 0 unspecified atom stereocenters. The van der Waals surface area contributed by atoms with Crippen LogP contribution in [0.1, 0.15) is 73.4 Å². The lowest BCUT2D eigenvalue weighted by atomic mass is 10.1. The summed E-state index contributed by atoms with van der Waals surface area (Å²) in [6.45, 7) is 22.0. The number of rotatable bonds is 5. The number of esters is 1. The molecule has 0 radical (unpaired) electrons. The van der Waals surface area contributed by atoms with Crippen LogP contribution in [0.5, 0.6) is 0 Å². The average molecular weight is 1070 g/mol. The summed E-state index contributed by atoms with van der Waals surface area (Å²) in [6, 6.07) is 12.7. The Kier molecular flexibility index (Phi) is 27.6. The van der Waals surface area contributed by atoms with E-state index in [1.165, 1.54) is 11.8 Å². The zero-order chi connectivity index (χ0) is 52.9. The number of aromatic nitrogens is 8. The van der Waals surface area contributed by atoms with E-state index < -0.39 is 26.2 Å². The summed E-state index contributed by atoms with van der Waals surface area (Å²) in [6.07, 6.45) is 0. The first kappa shape index (κ1) is 63.0. The van der Waals surface area contributed by atoms with Crippen molar-refractivity contribution < 1.29 is 39.9 Å². The van der Waals surface area contributed by atoms with Gasteiger partial charge in [-0.25, -0.2) is 19.5 Å². The number of benzene rings is 2. The van der Waals surface area contributed by atoms with Crippen LogP contribution >= 0.6 is 46.4 Å². The first-order valence-corrected chi connectivity index (χ1v) is 24.7. The Labute approximate surface area is 418 Å². The summed E-state index contributed by atoms with van der Waals surface area (Å²) in [5.41, 5.74) is 20.8. The summed E-state index contributed by atoms with van der Waals surface area (Å²) >= 11 is 20.1. The highest BCUT2D eigenvalue weighted by atomic mass is 35.5. The molecule has 376 valence electrons. The number of methoxy groups -OCH3 is 1. The maximum atomic E-state index is 11.4. The van der Waals surface area contributed by atoms with Gasteiger partial charge in [-0.2, -0.15) is 32.0 Å². The Balaban J connectivity index is 0.000000795. The van der Waals surface area contributed by atoms with Gasteiger partial charge >= 0.3 is 22.0 Å². The zero-order valence-electron chi connectivity index (χ0n) is 40.2. The minimum absolute atomic E-state index is 0.0260. The Morgan fingerprint density at radius 3 is 1.46 bits per heavy atom. The molecular formula is C42H61Cl4N12O8S2+. The molecule has 0 aliphatic heterocycles. The molecule has 20 nitrogen and oxygen atoms in total. The number of nitrogen functional groups attached to an aromatic ring is 3. The monoisotopic (exact) mass is 1070 g/mol. The molecule has 4 heterocycles. The minimum atomic E-state index is -4.08. The van der Waals surface area contributed by atoms with E-state index in [4.69, 9.17) is 74.2 Å². The van der Waals surface area contributed by atoms with E-state index in [1.807, 2.05) is 73.6 Å². The van der Waals surface area contributed by atoms with Crippen molar-refractivity contribution in [3.05, 3.63) is 116 Å². The molecular weight excluding hydrogens is 1010 g/mol. The molecule has 0 amide bonds. The van der Waals surface area contributed by atoms with Gasteiger partial charge in [-0.1, -0.05) is 40.4 Å². The smallest absolute Gasteiger partial charge is 0.411 e. The molecule has 0 spiro atoms. The molecule has 26 heteroatoms. The summed E-state index contributed by atoms with van der Waals surface area (Å²) < 4.78 is 64.8. The van der Waals surface area contributed by atoms with E-state index in [0.717, 1.165) is 45.3 Å². The molecule has 0 aliphatic carbocycles. The third kappa shape index (κ3) is 21.9. The maximum Gasteiger partial charge on any atom is 0.411 e. The third-order valence-corrected chi connectivity index (χ3v) is 11.3. The standard InChI is InChI=1S/C9H13NO3S.C9H12O3S.C8H9ClN4.C6H10N4.C6H9N3.C3H5ClO2.CH2Cl2/c1-6-4-7(2)9(8(3)5-6)14(11,12)13-10;1-6-4-7(2)9(8(3)5-6)13(10,11)12;1-5-3-6(2)13-8(10-5)11-7(4-9)12-13;1-4-3-5(2)10(8)6(7)9-4;1-4-3-5(2)9-6(7)8-4;1-6-3(5)2-4;2-1-3/h4-5H,10H2,1-3H3;4-5H,1-3H3,(H,10,11,12);3H,4H2,1-2H3;3,7H,8H2,1-2H3;3H,1-2H3,(H2,7,8,9);2H2,1H3;1H2/p+1. The molecule has 9 N–H and O–H groups in total. The maximum absolute atomic E-state index is 11.4. The van der Waals surface area contributed by atoms with Crippen LogP contribution in [0.15, 0.2) is 52.3 Å². The van der Waals surface area contributed by atoms with E-state index in [0.29, 0.717) is 51.6 Å². The summed E-state index contributed by atoms with van der Waals surface area (Å²) in [5, 5.41) is 4.38. The summed E-state index contributed by atoms with van der Waals surface area (Å²) in [5.74, 6) is 12.0. The van der Waals surface area contributed by atoms with Crippen molar-refractivity contribution in [2.75, 3.05) is 35.6 Å². The number of fused-ring (bicyclic) bond motifs is 1. The SMILES string of the molecule is COC(=O)CCl.Cc1cc(C)[n+](N)c(N)n1.Cc1cc(C)c(S(=O)(=O)O)c(C)c1.Cc1cc(C)c(S(=O)(=O)ON)c(C)c1.Cc1cc(C)n2nc(CCl)nc2n1.Cc1cc(C)nc(N)n1.ClCCl. The van der Waals surface area contributed by atoms with Gasteiger partial charge in [0.05, 0.1) is 23.2 Å². The highest BCUT2D eigenvalue weighted by Gasteiger charge is 2.20. The number of aryl methyl sites for hydroxylation is 12. The predicted octanol–water partition coefficient (Wildman–Crippen LogP) is 6.31. The van der Waals surface area contributed by atoms with Crippen LogP contribution in [0, 0.1) is 83.1 Å². The van der Waals surface area contributed by atoms with Crippen LogP contribution in [0.2, 0.25) is 0 Å². The van der Waals surface area contributed by atoms with Crippen LogP contribution in [-0.4, -0.2) is 80.2 Å². The number of ether oxygens (including phenoxy) is 1. The van der Waals surface area contributed by atoms with Gasteiger partial charge < -0.3 is 10.5 Å². The van der Waals surface area contributed by atoms with Crippen LogP contribution in [-0.2, 0) is 39.9 Å². The van der Waals surface area contributed by atoms with Gasteiger partial charge in [0.25, 0.3) is 15.9 Å². The van der Waals surface area contributed by atoms with E-state index in [9.17, 15) is 21.6 Å². The Bertz CT molecular complexity index is 2710. The van der Waals surface area contributed by atoms with Gasteiger partial charge in [0.2, 0.25) is 5.95 Å². The number of alkyl halides is 4. The molecule has 0 bridgehead atoms. The fraction of sp³-hybridized carbons (Fsp3) is 0.381. The fourth-order valence-electron chi connectivity index (χ4n) is 6.07. The fourth-order valence-corrected chi connectivity index (χ4v) is 8.23. The van der Waals surface area contributed by atoms with E-state index in [-0.39, 0.29) is 21.0 Å². The number of carbonyl (C=O) groups is 1. The second-order valence-electron chi connectivity index (χ2n) is 14.5. The lowest BCUT2D eigenvalue weighted by Gasteiger charge is -2.09. The van der Waals surface area contributed by atoms with Crippen molar-refractivity contribution >= 4 is 90.3 Å². The second-order valence-corrected chi connectivity index (χ2v) is 18.7. The van der Waals surface area contributed by atoms with Gasteiger partial charge in [0.1, 0.15) is 22.2 Å². The van der Waals surface area contributed by atoms with Gasteiger partial charge in [-0.15, -0.1) is 56.2 Å². The van der Waals surface area contributed by atoms with Gasteiger partial charge in [0.15, 0.2) is 5.82 Å². The second kappa shape index (κ2) is 29.8. The number of nitrogens with two attached hydrogens (primary N) is 4. The number of hydrogen-bond acceptors (Lipinski definition) is 17. The minimum Gasteiger partial charge on any atom is -0.468 e. The van der Waals surface area contributed by atoms with Crippen molar-refractivity contribution in [1.82, 2.24) is 34.5 Å². The van der Waals surface area contributed by atoms with E-state index in [2.05, 4.69) is 39.0 Å². The molecule has 6 rings (SSSR count). The first-order chi connectivity index (χ1) is 31.4. The molecule has 4 aromatic heterocycles. The normalized spacial score (nSPS) is 10.4. The zero-order valence-corrected chi connectivity index (χ0v) is 44.8. The average Bonchev–Trinajstić information content (AvgIpc) is 3.63. The van der Waals surface area contributed by atoms with Gasteiger partial charge in [-0.05, 0) is 117 Å². The predicted molar refractivity (Wildman–Crippen MR) is 267 cm³/mol. The summed E-state index contributed by atoms with van der Waals surface area (Å²) in [7, 11) is -6.58. The van der Waals surface area contributed by atoms with Crippen molar-refractivity contribution in [3.63, 3.8) is 0 Å². The molecule has 0 atom stereocenters. The van der Waals surface area contributed by atoms with Crippen molar-refractivity contribution in [3.8, 4) is 0 Å². The van der Waals surface area contributed by atoms with Crippen LogP contribution in [0.25, 0.3) is 5.78 Å². The molecule has 0 aliphatic rings. The van der Waals surface area contributed by atoms with Gasteiger partial charge in [-0.3, -0.25) is 20.9 Å². The van der Waals surface area contributed by atoms with Crippen molar-refractivity contribution in [2.24, 2.45) is 5.90 Å². The van der Waals surface area contributed by atoms with Crippen molar-refractivity contribution in [1.29, 1.82) is 0 Å². The number of anilines is 2. The van der Waals surface area contributed by atoms with Crippen molar-refractivity contribution in [2.45, 2.75) is 98.8 Å². The summed E-state index contributed by atoms with van der Waals surface area (Å²) in [4.78, 5) is 30.2. The number of hydrogen-bond donors (Lipinski definition) is 5. The lowest BCUT2D eigenvalue weighted by Crippen LogP contribution is -2.50. The Hall–Kier alpha value is -5.04. The molecule has 68 heavy (non-hydrogen) atoms. The topological polar surface area (TPSA) is 314 Å². The number of carbonyl (C=O) groups excluding carboxylic acids is 1. The molecule has 2 aromatic carbocycles. The lowest BCUT2D eigenvalue weighted by molar-refractivity contribution is -0.633. The highest BCUT2D eigenvalue weighted by molar-refractivity contribution is 7.86. The van der Waals surface area contributed by atoms with Gasteiger partial charge in [0, 0.05) is 28.8 Å². The Morgan fingerprint density at radius 1 is 0.676 bits per heavy atom. The molecule has 0 saturated carbocycles. The van der Waals surface area contributed by atoms with E-state index >= 15 is 0 Å². The Morgan fingerprint density at radius 2 is 1.10 bits per heavy atom. The third-order valence-electron chi connectivity index (χ3n) is 8.30. The van der Waals surface area contributed by atoms with Crippen LogP contribution in [0.4, 0.5) is 11.9 Å².